The molecule has 0 aliphatic heterocycles. The molecule has 0 saturated heterocycles. The molecule has 2 nitrogen and oxygen atoms in total. The van der Waals surface area contributed by atoms with Gasteiger partial charge in [0.2, 0.25) is 0 Å². The molecule has 0 atom stereocenters. The summed E-state index contributed by atoms with van der Waals surface area (Å²) in [5.74, 6) is 0. The Bertz CT molecular complexity index is 401. The van der Waals surface area contributed by atoms with E-state index in [1.165, 1.54) is 15.3 Å². The SMILES string of the molecule is CC/C(=C/c1ccc(C(C)(C)C)s1)CNCCOC. The second kappa shape index (κ2) is 7.83. The van der Waals surface area contributed by atoms with Gasteiger partial charge in [0.05, 0.1) is 6.61 Å². The molecular weight excluding hydrogens is 254 g/mol. The summed E-state index contributed by atoms with van der Waals surface area (Å²) in [5, 5.41) is 3.41. The predicted molar refractivity (Wildman–Crippen MR) is 86.0 cm³/mol. The maximum Gasteiger partial charge on any atom is 0.0587 e. The van der Waals surface area contributed by atoms with Gasteiger partial charge < -0.3 is 10.1 Å². The summed E-state index contributed by atoms with van der Waals surface area (Å²) in [6.45, 7) is 11.6. The number of nitrogens with one attached hydrogen (secondary N) is 1. The van der Waals surface area contributed by atoms with E-state index in [-0.39, 0.29) is 5.41 Å². The Morgan fingerprint density at radius 3 is 2.63 bits per heavy atom. The average Bonchev–Trinajstić information content (AvgIpc) is 2.81. The maximum absolute atomic E-state index is 5.04. The molecule has 1 N–H and O–H groups in total. The summed E-state index contributed by atoms with van der Waals surface area (Å²) in [6, 6.07) is 4.48. The minimum atomic E-state index is 0.250. The van der Waals surface area contributed by atoms with E-state index in [1.54, 1.807) is 7.11 Å². The van der Waals surface area contributed by atoms with Gasteiger partial charge in [0.1, 0.15) is 0 Å². The molecule has 1 heterocycles. The molecule has 0 fully saturated rings. The van der Waals surface area contributed by atoms with Crippen LogP contribution in [0.1, 0.15) is 43.9 Å². The predicted octanol–water partition coefficient (Wildman–Crippen LogP) is 4.08. The molecule has 0 spiro atoms. The number of hydrogen-bond donors (Lipinski definition) is 1. The lowest BCUT2D eigenvalue weighted by Crippen LogP contribution is -2.21. The van der Waals surface area contributed by atoms with Crippen molar-refractivity contribution in [2.75, 3.05) is 26.8 Å². The lowest BCUT2D eigenvalue weighted by atomic mass is 9.95. The Labute approximate surface area is 121 Å². The standard InChI is InChI=1S/C16H27NOS/c1-6-13(12-17-9-10-18-5)11-14-7-8-15(19-14)16(2,3)4/h7-8,11,17H,6,9-10,12H2,1-5H3/b13-11-. The van der Waals surface area contributed by atoms with Gasteiger partial charge in [0.15, 0.2) is 0 Å². The van der Waals surface area contributed by atoms with Crippen LogP contribution in [0.2, 0.25) is 0 Å². The van der Waals surface area contributed by atoms with E-state index < -0.39 is 0 Å². The van der Waals surface area contributed by atoms with E-state index in [4.69, 9.17) is 4.74 Å². The van der Waals surface area contributed by atoms with Crippen molar-refractivity contribution in [3.63, 3.8) is 0 Å². The highest BCUT2D eigenvalue weighted by Gasteiger charge is 2.15. The van der Waals surface area contributed by atoms with Crippen molar-refractivity contribution in [1.82, 2.24) is 5.32 Å². The molecule has 1 aromatic heterocycles. The largest absolute Gasteiger partial charge is 0.383 e. The molecule has 0 bridgehead atoms. The third-order valence-corrected chi connectivity index (χ3v) is 4.46. The summed E-state index contributed by atoms with van der Waals surface area (Å²) in [4.78, 5) is 2.80. The molecule has 0 aliphatic carbocycles. The van der Waals surface area contributed by atoms with Gasteiger partial charge >= 0.3 is 0 Å². The van der Waals surface area contributed by atoms with Crippen LogP contribution in [0.15, 0.2) is 17.7 Å². The summed E-state index contributed by atoms with van der Waals surface area (Å²) in [7, 11) is 1.73. The fourth-order valence-electron chi connectivity index (χ4n) is 1.74. The van der Waals surface area contributed by atoms with Crippen LogP contribution in [0.25, 0.3) is 6.08 Å². The van der Waals surface area contributed by atoms with Gasteiger partial charge in [0.25, 0.3) is 0 Å². The Morgan fingerprint density at radius 2 is 2.11 bits per heavy atom. The third kappa shape index (κ3) is 5.89. The van der Waals surface area contributed by atoms with Crippen molar-refractivity contribution in [3.8, 4) is 0 Å². The third-order valence-electron chi connectivity index (χ3n) is 3.00. The van der Waals surface area contributed by atoms with Crippen molar-refractivity contribution >= 4 is 17.4 Å². The molecular formula is C16H27NOS. The van der Waals surface area contributed by atoms with Gasteiger partial charge in [0, 0.05) is 30.0 Å². The highest BCUT2D eigenvalue weighted by atomic mass is 32.1. The van der Waals surface area contributed by atoms with Gasteiger partial charge in [-0.3, -0.25) is 0 Å². The molecule has 0 saturated carbocycles. The monoisotopic (exact) mass is 281 g/mol. The number of thiophene rings is 1. The minimum absolute atomic E-state index is 0.250. The minimum Gasteiger partial charge on any atom is -0.383 e. The van der Waals surface area contributed by atoms with E-state index >= 15 is 0 Å². The van der Waals surface area contributed by atoms with Crippen molar-refractivity contribution in [2.24, 2.45) is 0 Å². The van der Waals surface area contributed by atoms with Gasteiger partial charge in [-0.25, -0.2) is 0 Å². The molecule has 3 heteroatoms. The first-order chi connectivity index (χ1) is 8.97. The molecule has 1 rings (SSSR count). The lowest BCUT2D eigenvalue weighted by molar-refractivity contribution is 0.200. The number of ether oxygens (including phenoxy) is 1. The molecule has 0 aliphatic rings. The lowest BCUT2D eigenvalue weighted by Gasteiger charge is -2.15. The first-order valence-corrected chi connectivity index (χ1v) is 7.78. The summed E-state index contributed by atoms with van der Waals surface area (Å²) in [5.41, 5.74) is 1.69. The van der Waals surface area contributed by atoms with E-state index in [0.29, 0.717) is 0 Å². The van der Waals surface area contributed by atoms with Crippen LogP contribution < -0.4 is 5.32 Å². The second-order valence-corrected chi connectivity index (χ2v) is 6.89. The summed E-state index contributed by atoms with van der Waals surface area (Å²) in [6.07, 6.45) is 3.41. The molecule has 108 valence electrons. The Morgan fingerprint density at radius 1 is 1.37 bits per heavy atom. The van der Waals surface area contributed by atoms with Gasteiger partial charge in [-0.15, -0.1) is 11.3 Å². The molecule has 19 heavy (non-hydrogen) atoms. The number of rotatable bonds is 7. The maximum atomic E-state index is 5.04. The van der Waals surface area contributed by atoms with Crippen LogP contribution in [0.4, 0.5) is 0 Å². The normalized spacial score (nSPS) is 13.0. The zero-order chi connectivity index (χ0) is 14.3. The van der Waals surface area contributed by atoms with Gasteiger partial charge in [-0.1, -0.05) is 33.3 Å². The molecule has 0 radical (unpaired) electrons. The summed E-state index contributed by atoms with van der Waals surface area (Å²) < 4.78 is 5.04. The average molecular weight is 281 g/mol. The molecule has 1 aromatic rings. The van der Waals surface area contributed by atoms with E-state index in [2.05, 4.69) is 51.2 Å². The van der Waals surface area contributed by atoms with E-state index in [9.17, 15) is 0 Å². The highest BCUT2D eigenvalue weighted by molar-refractivity contribution is 7.13. The van der Waals surface area contributed by atoms with E-state index in [0.717, 1.165) is 26.1 Å². The number of methoxy groups -OCH3 is 1. The van der Waals surface area contributed by atoms with Crippen molar-refractivity contribution in [2.45, 2.75) is 39.5 Å². The van der Waals surface area contributed by atoms with E-state index in [1.807, 2.05) is 11.3 Å². The zero-order valence-electron chi connectivity index (χ0n) is 12.9. The fraction of sp³-hybridized carbons (Fsp3) is 0.625. The molecule has 0 unspecified atom stereocenters. The fourth-order valence-corrected chi connectivity index (χ4v) is 2.79. The Balaban J connectivity index is 2.62. The van der Waals surface area contributed by atoms with Crippen LogP contribution in [-0.4, -0.2) is 26.8 Å². The quantitative estimate of drug-likeness (QED) is 0.761. The molecule has 0 amide bonds. The Kier molecular flexibility index (Phi) is 6.76. The van der Waals surface area contributed by atoms with Crippen molar-refractivity contribution in [3.05, 3.63) is 27.5 Å². The zero-order valence-corrected chi connectivity index (χ0v) is 13.7. The first-order valence-electron chi connectivity index (χ1n) is 6.96. The van der Waals surface area contributed by atoms with Crippen LogP contribution in [-0.2, 0) is 10.2 Å². The van der Waals surface area contributed by atoms with Crippen LogP contribution >= 0.6 is 11.3 Å². The van der Waals surface area contributed by atoms with Gasteiger partial charge in [-0.05, 0) is 30.0 Å². The Hall–Kier alpha value is -0.640. The smallest absolute Gasteiger partial charge is 0.0587 e. The van der Waals surface area contributed by atoms with Crippen LogP contribution in [0, 0.1) is 0 Å². The van der Waals surface area contributed by atoms with Gasteiger partial charge in [-0.2, -0.15) is 0 Å². The highest BCUT2D eigenvalue weighted by Crippen LogP contribution is 2.30. The van der Waals surface area contributed by atoms with Crippen LogP contribution in [0.5, 0.6) is 0 Å². The topological polar surface area (TPSA) is 21.3 Å². The van der Waals surface area contributed by atoms with Crippen LogP contribution in [0.3, 0.4) is 0 Å². The number of hydrogen-bond acceptors (Lipinski definition) is 3. The first kappa shape index (κ1) is 16.4. The molecule has 0 aromatic carbocycles. The second-order valence-electron chi connectivity index (χ2n) is 5.78. The van der Waals surface area contributed by atoms with Crippen molar-refractivity contribution in [1.29, 1.82) is 0 Å². The summed E-state index contributed by atoms with van der Waals surface area (Å²) >= 11 is 1.90. The van der Waals surface area contributed by atoms with Crippen molar-refractivity contribution < 1.29 is 4.74 Å².